The first kappa shape index (κ1) is 21.1. The summed E-state index contributed by atoms with van der Waals surface area (Å²) in [5, 5.41) is 0. The quantitative estimate of drug-likeness (QED) is 0.472. The summed E-state index contributed by atoms with van der Waals surface area (Å²) in [5.41, 5.74) is 3.19. The van der Waals surface area contributed by atoms with Gasteiger partial charge in [-0.25, -0.2) is 4.79 Å². The Kier molecular flexibility index (Phi) is 5.28. The van der Waals surface area contributed by atoms with Crippen LogP contribution in [0.25, 0.3) is 11.2 Å². The number of hydrogen-bond donors (Lipinski definition) is 0. The first-order chi connectivity index (χ1) is 16.0. The van der Waals surface area contributed by atoms with E-state index in [2.05, 4.69) is 4.90 Å². The molecule has 0 fully saturated rings. The van der Waals surface area contributed by atoms with Crippen molar-refractivity contribution in [3.05, 3.63) is 80.5 Å². The molecule has 2 aromatic heterocycles. The van der Waals surface area contributed by atoms with Gasteiger partial charge in [-0.15, -0.1) is 0 Å². The summed E-state index contributed by atoms with van der Waals surface area (Å²) in [6, 6.07) is 15.7. The average Bonchev–Trinajstić information content (AvgIpc) is 3.22. The summed E-state index contributed by atoms with van der Waals surface area (Å²) < 4.78 is 10.3. The van der Waals surface area contributed by atoms with Crippen LogP contribution in [-0.2, 0) is 20.1 Å². The second-order valence-corrected chi connectivity index (χ2v) is 8.33. The standard InChI is InChI=1S/C25H27N5O3/c1-4-33-20-12-10-19(11-13-20)28-14-7-15-29-21-22(26-24(28)29)27(3)25(32)30(23(21)31)16-18-9-6-5-8-17(18)2/h5-6,8-13H,4,7,14-16H2,1-3H3. The van der Waals surface area contributed by atoms with Gasteiger partial charge >= 0.3 is 5.69 Å². The molecule has 0 N–H and O–H groups in total. The fourth-order valence-electron chi connectivity index (χ4n) is 4.50. The van der Waals surface area contributed by atoms with E-state index in [4.69, 9.17) is 9.72 Å². The molecule has 8 nitrogen and oxygen atoms in total. The lowest BCUT2D eigenvalue weighted by Gasteiger charge is -2.29. The molecule has 4 aromatic rings. The van der Waals surface area contributed by atoms with E-state index in [0.717, 1.165) is 35.5 Å². The summed E-state index contributed by atoms with van der Waals surface area (Å²) in [7, 11) is 1.68. The van der Waals surface area contributed by atoms with E-state index >= 15 is 0 Å². The number of nitrogens with zero attached hydrogens (tertiary/aromatic N) is 5. The van der Waals surface area contributed by atoms with E-state index in [0.29, 0.717) is 30.3 Å². The fraction of sp³-hybridized carbons (Fsp3) is 0.320. The van der Waals surface area contributed by atoms with E-state index in [1.807, 2.05) is 66.9 Å². The van der Waals surface area contributed by atoms with Crippen molar-refractivity contribution < 1.29 is 4.74 Å². The topological polar surface area (TPSA) is 74.3 Å². The first-order valence-corrected chi connectivity index (χ1v) is 11.2. The molecule has 0 saturated heterocycles. The van der Waals surface area contributed by atoms with Crippen molar-refractivity contribution >= 4 is 22.8 Å². The van der Waals surface area contributed by atoms with Crippen molar-refractivity contribution in [1.82, 2.24) is 18.7 Å². The van der Waals surface area contributed by atoms with Crippen molar-refractivity contribution in [3.63, 3.8) is 0 Å². The van der Waals surface area contributed by atoms with Crippen LogP contribution in [0.5, 0.6) is 5.75 Å². The van der Waals surface area contributed by atoms with E-state index in [9.17, 15) is 9.59 Å². The molecule has 5 rings (SSSR count). The lowest BCUT2D eigenvalue weighted by Crippen LogP contribution is -2.40. The Labute approximate surface area is 191 Å². The van der Waals surface area contributed by atoms with Crippen LogP contribution >= 0.6 is 0 Å². The molecule has 0 radical (unpaired) electrons. The predicted molar refractivity (Wildman–Crippen MR) is 129 cm³/mol. The van der Waals surface area contributed by atoms with E-state index < -0.39 is 0 Å². The van der Waals surface area contributed by atoms with Gasteiger partial charge in [0.25, 0.3) is 5.56 Å². The Balaban J connectivity index is 1.64. The van der Waals surface area contributed by atoms with Crippen molar-refractivity contribution in [2.24, 2.45) is 7.05 Å². The molecule has 0 atom stereocenters. The molecule has 170 valence electrons. The van der Waals surface area contributed by atoms with Crippen LogP contribution in [0.4, 0.5) is 11.6 Å². The molecular weight excluding hydrogens is 418 g/mol. The highest BCUT2D eigenvalue weighted by Crippen LogP contribution is 2.31. The average molecular weight is 446 g/mol. The molecule has 1 aliphatic heterocycles. The summed E-state index contributed by atoms with van der Waals surface area (Å²) in [6.45, 7) is 6.24. The second-order valence-electron chi connectivity index (χ2n) is 8.33. The fourth-order valence-corrected chi connectivity index (χ4v) is 4.50. The number of hydrogen-bond acceptors (Lipinski definition) is 5. The Morgan fingerprint density at radius 1 is 1.03 bits per heavy atom. The Hall–Kier alpha value is -3.81. The summed E-state index contributed by atoms with van der Waals surface area (Å²) >= 11 is 0. The highest BCUT2D eigenvalue weighted by atomic mass is 16.5. The van der Waals surface area contributed by atoms with Crippen LogP contribution < -0.4 is 20.9 Å². The Bertz CT molecular complexity index is 1450. The van der Waals surface area contributed by atoms with Gasteiger partial charge in [0, 0.05) is 25.8 Å². The Morgan fingerprint density at radius 3 is 2.52 bits per heavy atom. The SMILES string of the molecule is CCOc1ccc(N2CCCn3c2nc2c3c(=O)n(Cc3ccccc3C)c(=O)n2C)cc1. The minimum Gasteiger partial charge on any atom is -0.494 e. The number of ether oxygens (including phenoxy) is 1. The number of benzene rings is 2. The number of aromatic nitrogens is 4. The highest BCUT2D eigenvalue weighted by Gasteiger charge is 2.27. The maximum atomic E-state index is 13.6. The third kappa shape index (κ3) is 3.51. The Morgan fingerprint density at radius 2 is 1.79 bits per heavy atom. The summed E-state index contributed by atoms with van der Waals surface area (Å²) in [6.07, 6.45) is 0.867. The maximum absolute atomic E-state index is 13.6. The van der Waals surface area contributed by atoms with Gasteiger partial charge in [0.1, 0.15) is 5.75 Å². The zero-order chi connectivity index (χ0) is 23.1. The number of anilines is 2. The van der Waals surface area contributed by atoms with E-state index in [-0.39, 0.29) is 17.8 Å². The second kappa shape index (κ2) is 8.27. The number of imidazole rings is 1. The third-order valence-electron chi connectivity index (χ3n) is 6.27. The van der Waals surface area contributed by atoms with Gasteiger partial charge in [0.05, 0.1) is 13.2 Å². The number of aryl methyl sites for hydroxylation is 3. The molecule has 0 unspecified atom stereocenters. The van der Waals surface area contributed by atoms with Crippen LogP contribution in [0.1, 0.15) is 24.5 Å². The monoisotopic (exact) mass is 445 g/mol. The lowest BCUT2D eigenvalue weighted by molar-refractivity contribution is 0.340. The molecular formula is C25H27N5O3. The normalized spacial score (nSPS) is 13.4. The molecule has 0 bridgehead atoms. The largest absolute Gasteiger partial charge is 0.494 e. The van der Waals surface area contributed by atoms with Gasteiger partial charge in [-0.2, -0.15) is 4.98 Å². The van der Waals surface area contributed by atoms with Crippen molar-refractivity contribution in [2.75, 3.05) is 18.1 Å². The smallest absolute Gasteiger partial charge is 0.332 e. The molecule has 0 saturated carbocycles. The van der Waals surface area contributed by atoms with Crippen molar-refractivity contribution in [1.29, 1.82) is 0 Å². The maximum Gasteiger partial charge on any atom is 0.332 e. The van der Waals surface area contributed by atoms with Crippen LogP contribution in [0.2, 0.25) is 0 Å². The highest BCUT2D eigenvalue weighted by molar-refractivity contribution is 5.77. The van der Waals surface area contributed by atoms with Crippen LogP contribution in [0.3, 0.4) is 0 Å². The van der Waals surface area contributed by atoms with Gasteiger partial charge in [0.15, 0.2) is 11.2 Å². The molecule has 8 heteroatoms. The van der Waals surface area contributed by atoms with Gasteiger partial charge in [0.2, 0.25) is 5.95 Å². The van der Waals surface area contributed by atoms with E-state index in [1.54, 1.807) is 7.05 Å². The number of rotatable bonds is 5. The minimum atomic E-state index is -0.362. The first-order valence-electron chi connectivity index (χ1n) is 11.2. The molecule has 0 aliphatic carbocycles. The summed E-state index contributed by atoms with van der Waals surface area (Å²) in [5.74, 6) is 1.49. The zero-order valence-electron chi connectivity index (χ0n) is 19.1. The molecule has 33 heavy (non-hydrogen) atoms. The molecule has 1 aliphatic rings. The van der Waals surface area contributed by atoms with Crippen molar-refractivity contribution in [3.8, 4) is 5.75 Å². The minimum absolute atomic E-state index is 0.233. The number of fused-ring (bicyclic) bond motifs is 3. The van der Waals surface area contributed by atoms with Gasteiger partial charge < -0.3 is 14.2 Å². The van der Waals surface area contributed by atoms with Gasteiger partial charge in [-0.05, 0) is 55.7 Å². The van der Waals surface area contributed by atoms with E-state index in [1.165, 1.54) is 9.13 Å². The van der Waals surface area contributed by atoms with Gasteiger partial charge in [-0.3, -0.25) is 13.9 Å². The summed E-state index contributed by atoms with van der Waals surface area (Å²) in [4.78, 5) is 33.6. The van der Waals surface area contributed by atoms with Crippen molar-refractivity contribution in [2.45, 2.75) is 33.4 Å². The predicted octanol–water partition coefficient (Wildman–Crippen LogP) is 3.19. The lowest BCUT2D eigenvalue weighted by atomic mass is 10.1. The van der Waals surface area contributed by atoms with Crippen LogP contribution in [0, 0.1) is 6.92 Å². The van der Waals surface area contributed by atoms with Crippen LogP contribution in [0.15, 0.2) is 58.1 Å². The molecule has 0 amide bonds. The van der Waals surface area contributed by atoms with Gasteiger partial charge in [-0.1, -0.05) is 24.3 Å². The zero-order valence-corrected chi connectivity index (χ0v) is 19.1. The molecule has 3 heterocycles. The van der Waals surface area contributed by atoms with Crippen LogP contribution in [-0.4, -0.2) is 31.8 Å². The molecule has 2 aromatic carbocycles. The third-order valence-corrected chi connectivity index (χ3v) is 6.27. The molecule has 0 spiro atoms.